The Morgan fingerprint density at radius 2 is 1.88 bits per heavy atom. The number of carbonyl (C=O) groups is 1. The Labute approximate surface area is 154 Å². The van der Waals surface area contributed by atoms with Crippen molar-refractivity contribution in [1.82, 2.24) is 5.32 Å². The number of aryl methyl sites for hydroxylation is 2. The predicted octanol–water partition coefficient (Wildman–Crippen LogP) is 4.45. The van der Waals surface area contributed by atoms with Crippen LogP contribution in [0.4, 0.5) is 5.69 Å². The van der Waals surface area contributed by atoms with Gasteiger partial charge in [0.2, 0.25) is 0 Å². The lowest BCUT2D eigenvalue weighted by molar-refractivity contribution is 0.0600. The third kappa shape index (κ3) is 4.57. The molecule has 0 heterocycles. The standard InChI is InChI=1S/C20H24N2O2S/c1-12-9-10-16(13(2)11-12)15(4)21-20(25)22-18-8-6-7-17(14(18)3)19(23)24-5/h6-11,15H,1-5H3,(H2,21,22,25)/t15-/m1/s1. The highest BCUT2D eigenvalue weighted by molar-refractivity contribution is 7.80. The molecule has 132 valence electrons. The SMILES string of the molecule is COC(=O)c1cccc(NC(=S)N[C@H](C)c2ccc(C)cc2C)c1C. The molecule has 0 fully saturated rings. The first-order valence-corrected chi connectivity index (χ1v) is 8.57. The maximum atomic E-state index is 11.8. The second-order valence-corrected chi connectivity index (χ2v) is 6.56. The number of carbonyl (C=O) groups excluding carboxylic acids is 1. The number of thiocarbonyl (C=S) groups is 1. The van der Waals surface area contributed by atoms with E-state index in [2.05, 4.69) is 49.6 Å². The molecule has 4 nitrogen and oxygen atoms in total. The molecule has 0 aromatic heterocycles. The van der Waals surface area contributed by atoms with Crippen LogP contribution in [0.25, 0.3) is 0 Å². The van der Waals surface area contributed by atoms with E-state index in [0.29, 0.717) is 10.7 Å². The summed E-state index contributed by atoms with van der Waals surface area (Å²) in [5.74, 6) is -0.358. The van der Waals surface area contributed by atoms with E-state index in [-0.39, 0.29) is 12.0 Å². The molecule has 0 bridgehead atoms. The molecule has 0 saturated carbocycles. The number of anilines is 1. The first-order valence-electron chi connectivity index (χ1n) is 8.16. The summed E-state index contributed by atoms with van der Waals surface area (Å²) in [6.45, 7) is 8.12. The fourth-order valence-electron chi connectivity index (χ4n) is 2.85. The van der Waals surface area contributed by atoms with Crippen molar-refractivity contribution in [2.45, 2.75) is 33.7 Å². The smallest absolute Gasteiger partial charge is 0.338 e. The van der Waals surface area contributed by atoms with Crippen LogP contribution in [-0.4, -0.2) is 18.2 Å². The second-order valence-electron chi connectivity index (χ2n) is 6.15. The molecule has 5 heteroatoms. The monoisotopic (exact) mass is 356 g/mol. The molecule has 0 saturated heterocycles. The fraction of sp³-hybridized carbons (Fsp3) is 0.300. The van der Waals surface area contributed by atoms with Crippen LogP contribution in [0.15, 0.2) is 36.4 Å². The molecule has 0 spiro atoms. The van der Waals surface area contributed by atoms with Gasteiger partial charge in [-0.3, -0.25) is 0 Å². The third-order valence-electron chi connectivity index (χ3n) is 4.23. The van der Waals surface area contributed by atoms with Crippen molar-refractivity contribution in [3.63, 3.8) is 0 Å². The van der Waals surface area contributed by atoms with Gasteiger partial charge in [0.05, 0.1) is 18.7 Å². The zero-order chi connectivity index (χ0) is 18.6. The summed E-state index contributed by atoms with van der Waals surface area (Å²) in [7, 11) is 1.37. The summed E-state index contributed by atoms with van der Waals surface area (Å²) in [4.78, 5) is 11.8. The van der Waals surface area contributed by atoms with Gasteiger partial charge in [-0.25, -0.2) is 4.79 Å². The van der Waals surface area contributed by atoms with Gasteiger partial charge in [-0.2, -0.15) is 0 Å². The Hall–Kier alpha value is -2.40. The molecule has 0 amide bonds. The van der Waals surface area contributed by atoms with Crippen LogP contribution in [-0.2, 0) is 4.74 Å². The van der Waals surface area contributed by atoms with E-state index < -0.39 is 0 Å². The molecule has 25 heavy (non-hydrogen) atoms. The summed E-state index contributed by atoms with van der Waals surface area (Å²) in [5, 5.41) is 6.98. The molecule has 2 N–H and O–H groups in total. The maximum absolute atomic E-state index is 11.8. The molecular weight excluding hydrogens is 332 g/mol. The largest absolute Gasteiger partial charge is 0.465 e. The van der Waals surface area contributed by atoms with Gasteiger partial charge >= 0.3 is 5.97 Å². The Kier molecular flexibility index (Phi) is 6.15. The minimum Gasteiger partial charge on any atom is -0.465 e. The Morgan fingerprint density at radius 3 is 2.52 bits per heavy atom. The van der Waals surface area contributed by atoms with Crippen LogP contribution >= 0.6 is 12.2 Å². The Balaban J connectivity index is 2.11. The summed E-state index contributed by atoms with van der Waals surface area (Å²) in [6, 6.07) is 11.9. The van der Waals surface area contributed by atoms with Gasteiger partial charge in [0.25, 0.3) is 0 Å². The summed E-state index contributed by atoms with van der Waals surface area (Å²) < 4.78 is 4.81. The molecular formula is C20H24N2O2S. The topological polar surface area (TPSA) is 50.4 Å². The average Bonchev–Trinajstić information content (AvgIpc) is 2.55. The van der Waals surface area contributed by atoms with Gasteiger partial charge in [0, 0.05) is 5.69 Å². The number of hydrogen-bond donors (Lipinski definition) is 2. The molecule has 1 atom stereocenters. The van der Waals surface area contributed by atoms with Gasteiger partial charge in [-0.15, -0.1) is 0 Å². The number of esters is 1. The molecule has 0 aliphatic carbocycles. The van der Waals surface area contributed by atoms with E-state index >= 15 is 0 Å². The number of methoxy groups -OCH3 is 1. The van der Waals surface area contributed by atoms with E-state index in [1.54, 1.807) is 12.1 Å². The van der Waals surface area contributed by atoms with Gasteiger partial charge in [0.15, 0.2) is 5.11 Å². The summed E-state index contributed by atoms with van der Waals surface area (Å²) >= 11 is 5.44. The lowest BCUT2D eigenvalue weighted by Crippen LogP contribution is -2.31. The van der Waals surface area contributed by atoms with E-state index in [1.807, 2.05) is 13.0 Å². The van der Waals surface area contributed by atoms with Crippen molar-refractivity contribution < 1.29 is 9.53 Å². The Bertz CT molecular complexity index is 802. The van der Waals surface area contributed by atoms with E-state index in [1.165, 1.54) is 23.8 Å². The second kappa shape index (κ2) is 8.12. The van der Waals surface area contributed by atoms with Gasteiger partial charge < -0.3 is 15.4 Å². The highest BCUT2D eigenvalue weighted by Gasteiger charge is 2.14. The molecule has 0 aliphatic heterocycles. The van der Waals surface area contributed by atoms with Crippen LogP contribution in [0.2, 0.25) is 0 Å². The average molecular weight is 356 g/mol. The highest BCUT2D eigenvalue weighted by Crippen LogP contribution is 2.21. The Morgan fingerprint density at radius 1 is 1.16 bits per heavy atom. The number of nitrogens with one attached hydrogen (secondary N) is 2. The molecule has 0 unspecified atom stereocenters. The predicted molar refractivity (Wildman–Crippen MR) is 106 cm³/mol. The van der Waals surface area contributed by atoms with E-state index in [0.717, 1.165) is 11.3 Å². The number of ether oxygens (including phenoxy) is 1. The lowest BCUT2D eigenvalue weighted by Gasteiger charge is -2.20. The third-order valence-corrected chi connectivity index (χ3v) is 4.45. The normalized spacial score (nSPS) is 11.6. The van der Waals surface area contributed by atoms with Gasteiger partial charge in [0.1, 0.15) is 0 Å². The zero-order valence-corrected chi connectivity index (χ0v) is 16.1. The first-order chi connectivity index (χ1) is 11.8. The van der Waals surface area contributed by atoms with Crippen molar-refractivity contribution in [3.05, 3.63) is 64.2 Å². The highest BCUT2D eigenvalue weighted by atomic mass is 32.1. The van der Waals surface area contributed by atoms with Crippen LogP contribution < -0.4 is 10.6 Å². The van der Waals surface area contributed by atoms with Crippen molar-refractivity contribution >= 4 is 29.0 Å². The maximum Gasteiger partial charge on any atom is 0.338 e. The van der Waals surface area contributed by atoms with Crippen LogP contribution in [0.5, 0.6) is 0 Å². The van der Waals surface area contributed by atoms with Gasteiger partial charge in [-0.05, 0) is 68.7 Å². The van der Waals surface area contributed by atoms with Crippen molar-refractivity contribution in [2.75, 3.05) is 12.4 Å². The quantitative estimate of drug-likeness (QED) is 0.626. The van der Waals surface area contributed by atoms with Crippen molar-refractivity contribution in [2.24, 2.45) is 0 Å². The minimum absolute atomic E-state index is 0.0738. The molecule has 2 rings (SSSR count). The zero-order valence-electron chi connectivity index (χ0n) is 15.3. The van der Waals surface area contributed by atoms with Crippen molar-refractivity contribution in [3.8, 4) is 0 Å². The lowest BCUT2D eigenvalue weighted by atomic mass is 10.0. The van der Waals surface area contributed by atoms with Crippen molar-refractivity contribution in [1.29, 1.82) is 0 Å². The molecule has 0 radical (unpaired) electrons. The number of rotatable bonds is 4. The van der Waals surface area contributed by atoms with Crippen LogP contribution in [0, 0.1) is 20.8 Å². The molecule has 0 aliphatic rings. The minimum atomic E-state index is -0.358. The van der Waals surface area contributed by atoms with Crippen LogP contribution in [0.3, 0.4) is 0 Å². The summed E-state index contributed by atoms with van der Waals surface area (Å²) in [6.07, 6.45) is 0. The molecule has 2 aromatic carbocycles. The number of hydrogen-bond acceptors (Lipinski definition) is 3. The summed E-state index contributed by atoms with van der Waals surface area (Å²) in [5.41, 5.74) is 5.79. The van der Waals surface area contributed by atoms with E-state index in [4.69, 9.17) is 17.0 Å². The van der Waals surface area contributed by atoms with E-state index in [9.17, 15) is 4.79 Å². The number of benzene rings is 2. The molecule has 2 aromatic rings. The van der Waals surface area contributed by atoms with Crippen LogP contribution in [0.1, 0.15) is 45.6 Å². The first kappa shape index (κ1) is 18.9. The van der Waals surface area contributed by atoms with Gasteiger partial charge in [-0.1, -0.05) is 29.8 Å². The fourth-order valence-corrected chi connectivity index (χ4v) is 3.13.